The van der Waals surface area contributed by atoms with E-state index >= 15 is 0 Å². The minimum Gasteiger partial charge on any atom is -0.329 e. The molecule has 2 rings (SSSR count). The Labute approximate surface area is 81.3 Å². The minimum absolute atomic E-state index is 0.190. The van der Waals surface area contributed by atoms with Gasteiger partial charge in [0.15, 0.2) is 0 Å². The SMILES string of the molecule is Cc1cc2c(cnn2CCN)cc1F. The maximum atomic E-state index is 13.2. The first-order valence-electron chi connectivity index (χ1n) is 4.54. The van der Waals surface area contributed by atoms with Crippen LogP contribution in [0.15, 0.2) is 18.3 Å². The van der Waals surface area contributed by atoms with E-state index in [4.69, 9.17) is 5.73 Å². The lowest BCUT2D eigenvalue weighted by molar-refractivity contribution is 0.619. The Kier molecular flexibility index (Phi) is 2.21. The summed E-state index contributed by atoms with van der Waals surface area (Å²) in [6, 6.07) is 3.30. The van der Waals surface area contributed by atoms with E-state index in [1.165, 1.54) is 6.07 Å². The van der Waals surface area contributed by atoms with Crippen LogP contribution in [0.2, 0.25) is 0 Å². The summed E-state index contributed by atoms with van der Waals surface area (Å²) in [5, 5.41) is 4.96. The second-order valence-electron chi connectivity index (χ2n) is 3.32. The lowest BCUT2D eigenvalue weighted by Crippen LogP contribution is -2.10. The van der Waals surface area contributed by atoms with Crippen LogP contribution < -0.4 is 5.73 Å². The number of hydrogen-bond acceptors (Lipinski definition) is 2. The lowest BCUT2D eigenvalue weighted by Gasteiger charge is -2.02. The minimum atomic E-state index is -0.190. The van der Waals surface area contributed by atoms with Crippen LogP contribution in [0.25, 0.3) is 10.9 Å². The van der Waals surface area contributed by atoms with Crippen LogP contribution in [0.4, 0.5) is 4.39 Å². The first-order chi connectivity index (χ1) is 6.72. The third-order valence-corrected chi connectivity index (χ3v) is 2.26. The summed E-state index contributed by atoms with van der Waals surface area (Å²) in [7, 11) is 0. The molecule has 74 valence electrons. The van der Waals surface area contributed by atoms with E-state index in [0.717, 1.165) is 10.9 Å². The van der Waals surface area contributed by atoms with Crippen molar-refractivity contribution in [3.8, 4) is 0 Å². The van der Waals surface area contributed by atoms with Crippen molar-refractivity contribution in [3.05, 3.63) is 29.7 Å². The predicted octanol–water partition coefficient (Wildman–Crippen LogP) is 1.44. The van der Waals surface area contributed by atoms with Gasteiger partial charge in [0.25, 0.3) is 0 Å². The van der Waals surface area contributed by atoms with Crippen LogP contribution in [-0.4, -0.2) is 16.3 Å². The summed E-state index contributed by atoms with van der Waals surface area (Å²) in [4.78, 5) is 0. The van der Waals surface area contributed by atoms with Crippen LogP contribution in [0, 0.1) is 12.7 Å². The molecule has 0 aliphatic carbocycles. The normalized spacial score (nSPS) is 11.1. The summed E-state index contributed by atoms with van der Waals surface area (Å²) in [5.74, 6) is -0.190. The van der Waals surface area contributed by atoms with Crippen molar-refractivity contribution >= 4 is 10.9 Å². The molecule has 0 radical (unpaired) electrons. The molecule has 4 heteroatoms. The largest absolute Gasteiger partial charge is 0.329 e. The van der Waals surface area contributed by atoms with E-state index in [1.54, 1.807) is 23.9 Å². The molecule has 0 saturated carbocycles. The van der Waals surface area contributed by atoms with Crippen LogP contribution >= 0.6 is 0 Å². The maximum absolute atomic E-state index is 13.2. The Balaban J connectivity index is 2.61. The highest BCUT2D eigenvalue weighted by atomic mass is 19.1. The van der Waals surface area contributed by atoms with E-state index in [1.807, 2.05) is 0 Å². The molecule has 1 aromatic carbocycles. The molecular weight excluding hydrogens is 181 g/mol. The molecule has 3 nitrogen and oxygen atoms in total. The second-order valence-corrected chi connectivity index (χ2v) is 3.32. The molecule has 0 spiro atoms. The molecule has 1 heterocycles. The number of hydrogen-bond donors (Lipinski definition) is 1. The fourth-order valence-corrected chi connectivity index (χ4v) is 1.50. The van der Waals surface area contributed by atoms with E-state index in [2.05, 4.69) is 5.10 Å². The van der Waals surface area contributed by atoms with Gasteiger partial charge in [0.2, 0.25) is 0 Å². The summed E-state index contributed by atoms with van der Waals surface area (Å²) in [6.07, 6.45) is 1.66. The number of benzene rings is 1. The average Bonchev–Trinajstić information content (AvgIpc) is 2.51. The zero-order valence-corrected chi connectivity index (χ0v) is 8.00. The molecule has 0 unspecified atom stereocenters. The van der Waals surface area contributed by atoms with Crippen LogP contribution in [0.1, 0.15) is 5.56 Å². The maximum Gasteiger partial charge on any atom is 0.126 e. The first-order valence-corrected chi connectivity index (χ1v) is 4.54. The molecule has 0 saturated heterocycles. The summed E-state index contributed by atoms with van der Waals surface area (Å²) < 4.78 is 15.0. The summed E-state index contributed by atoms with van der Waals surface area (Å²) >= 11 is 0. The van der Waals surface area contributed by atoms with Crippen molar-refractivity contribution in [2.24, 2.45) is 5.73 Å². The molecule has 2 aromatic rings. The molecule has 14 heavy (non-hydrogen) atoms. The van der Waals surface area contributed by atoms with E-state index in [-0.39, 0.29) is 5.82 Å². The van der Waals surface area contributed by atoms with Crippen molar-refractivity contribution in [2.45, 2.75) is 13.5 Å². The van der Waals surface area contributed by atoms with E-state index in [0.29, 0.717) is 18.7 Å². The van der Waals surface area contributed by atoms with Gasteiger partial charge in [-0.3, -0.25) is 4.68 Å². The number of fused-ring (bicyclic) bond motifs is 1. The highest BCUT2D eigenvalue weighted by molar-refractivity contribution is 5.79. The van der Waals surface area contributed by atoms with Gasteiger partial charge < -0.3 is 5.73 Å². The Hall–Kier alpha value is -1.42. The standard InChI is InChI=1S/C10H12FN3/c1-7-4-10-8(5-9(7)11)6-13-14(10)3-2-12/h4-6H,2-3,12H2,1H3. The van der Waals surface area contributed by atoms with Gasteiger partial charge in [-0.1, -0.05) is 0 Å². The Morgan fingerprint density at radius 1 is 1.50 bits per heavy atom. The molecule has 2 N–H and O–H groups in total. The van der Waals surface area contributed by atoms with Gasteiger partial charge in [-0.25, -0.2) is 4.39 Å². The molecule has 0 atom stereocenters. The van der Waals surface area contributed by atoms with Gasteiger partial charge in [0, 0.05) is 11.9 Å². The predicted molar refractivity (Wildman–Crippen MR) is 53.5 cm³/mol. The quantitative estimate of drug-likeness (QED) is 0.784. The van der Waals surface area contributed by atoms with Crippen molar-refractivity contribution < 1.29 is 4.39 Å². The Morgan fingerprint density at radius 2 is 2.29 bits per heavy atom. The van der Waals surface area contributed by atoms with E-state index < -0.39 is 0 Å². The molecule has 0 aliphatic heterocycles. The molecule has 0 amide bonds. The molecule has 1 aromatic heterocycles. The second kappa shape index (κ2) is 3.38. The number of rotatable bonds is 2. The van der Waals surface area contributed by atoms with Crippen molar-refractivity contribution in [3.63, 3.8) is 0 Å². The van der Waals surface area contributed by atoms with Crippen LogP contribution in [-0.2, 0) is 6.54 Å². The monoisotopic (exact) mass is 193 g/mol. The lowest BCUT2D eigenvalue weighted by atomic mass is 10.2. The average molecular weight is 193 g/mol. The first kappa shape index (κ1) is 9.15. The van der Waals surface area contributed by atoms with Gasteiger partial charge in [0.05, 0.1) is 18.3 Å². The third kappa shape index (κ3) is 1.37. The summed E-state index contributed by atoms with van der Waals surface area (Å²) in [5.41, 5.74) is 7.02. The van der Waals surface area contributed by atoms with Crippen molar-refractivity contribution in [1.29, 1.82) is 0 Å². The molecule has 0 fully saturated rings. The van der Waals surface area contributed by atoms with Crippen molar-refractivity contribution in [1.82, 2.24) is 9.78 Å². The topological polar surface area (TPSA) is 43.8 Å². The van der Waals surface area contributed by atoms with Gasteiger partial charge in [-0.05, 0) is 24.6 Å². The fraction of sp³-hybridized carbons (Fsp3) is 0.300. The summed E-state index contributed by atoms with van der Waals surface area (Å²) in [6.45, 7) is 2.94. The third-order valence-electron chi connectivity index (χ3n) is 2.26. The Morgan fingerprint density at radius 3 is 3.00 bits per heavy atom. The fourth-order valence-electron chi connectivity index (χ4n) is 1.50. The van der Waals surface area contributed by atoms with Gasteiger partial charge >= 0.3 is 0 Å². The van der Waals surface area contributed by atoms with Gasteiger partial charge in [-0.2, -0.15) is 5.10 Å². The zero-order chi connectivity index (χ0) is 10.1. The smallest absolute Gasteiger partial charge is 0.126 e. The number of nitrogens with zero attached hydrogens (tertiary/aromatic N) is 2. The van der Waals surface area contributed by atoms with Gasteiger partial charge in [0.1, 0.15) is 5.82 Å². The van der Waals surface area contributed by atoms with E-state index in [9.17, 15) is 4.39 Å². The van der Waals surface area contributed by atoms with Crippen LogP contribution in [0.3, 0.4) is 0 Å². The van der Waals surface area contributed by atoms with Crippen LogP contribution in [0.5, 0.6) is 0 Å². The number of aryl methyl sites for hydroxylation is 1. The number of halogens is 1. The van der Waals surface area contributed by atoms with Gasteiger partial charge in [-0.15, -0.1) is 0 Å². The number of nitrogens with two attached hydrogens (primary N) is 1. The Bertz CT molecular complexity index is 462. The highest BCUT2D eigenvalue weighted by Gasteiger charge is 2.05. The highest BCUT2D eigenvalue weighted by Crippen LogP contribution is 2.18. The number of aromatic nitrogens is 2. The van der Waals surface area contributed by atoms with Crippen molar-refractivity contribution in [2.75, 3.05) is 6.54 Å². The molecular formula is C10H12FN3. The molecule has 0 bridgehead atoms. The molecule has 0 aliphatic rings. The zero-order valence-electron chi connectivity index (χ0n) is 8.00.